The molecule has 0 aromatic carbocycles. The molecule has 0 aliphatic carbocycles. The number of sulfonamides is 1. The number of morpholine rings is 1. The van der Waals surface area contributed by atoms with E-state index in [4.69, 9.17) is 10.5 Å². The van der Waals surface area contributed by atoms with Gasteiger partial charge in [0, 0.05) is 36.0 Å². The standard InChI is InChI=1S/C11H16BrN3O3S/c1-8(13)11-7-15(2-3-18-11)19(16,17)10-4-9(12)5-14-6-10/h4-6,8,11H,2-3,7,13H2,1H3. The summed E-state index contributed by atoms with van der Waals surface area (Å²) in [5.41, 5.74) is 5.77. The molecule has 2 N–H and O–H groups in total. The Morgan fingerprint density at radius 3 is 2.95 bits per heavy atom. The van der Waals surface area contributed by atoms with Gasteiger partial charge in [-0.2, -0.15) is 4.31 Å². The molecule has 2 heterocycles. The Hall–Kier alpha value is -0.540. The second kappa shape index (κ2) is 5.84. The summed E-state index contributed by atoms with van der Waals surface area (Å²) in [7, 11) is -3.55. The Morgan fingerprint density at radius 2 is 2.32 bits per heavy atom. The molecule has 0 saturated carbocycles. The average Bonchev–Trinajstić information content (AvgIpc) is 2.39. The Bertz CT molecular complexity index is 550. The van der Waals surface area contributed by atoms with Gasteiger partial charge >= 0.3 is 0 Å². The maximum Gasteiger partial charge on any atom is 0.244 e. The van der Waals surface area contributed by atoms with Crippen molar-refractivity contribution in [1.82, 2.24) is 9.29 Å². The maximum absolute atomic E-state index is 12.5. The molecular formula is C11H16BrN3O3S. The zero-order valence-electron chi connectivity index (χ0n) is 10.5. The molecule has 1 saturated heterocycles. The zero-order chi connectivity index (χ0) is 14.0. The van der Waals surface area contributed by atoms with Crippen LogP contribution in [0.3, 0.4) is 0 Å². The molecule has 0 radical (unpaired) electrons. The quantitative estimate of drug-likeness (QED) is 0.862. The number of nitrogens with zero attached hydrogens (tertiary/aromatic N) is 2. The summed E-state index contributed by atoms with van der Waals surface area (Å²) >= 11 is 3.22. The maximum atomic E-state index is 12.5. The van der Waals surface area contributed by atoms with Gasteiger partial charge in [0.15, 0.2) is 0 Å². The Balaban J connectivity index is 2.24. The minimum atomic E-state index is -3.55. The van der Waals surface area contributed by atoms with Gasteiger partial charge in [0.1, 0.15) is 4.90 Å². The molecule has 106 valence electrons. The van der Waals surface area contributed by atoms with Crippen molar-refractivity contribution in [1.29, 1.82) is 0 Å². The molecule has 6 nitrogen and oxygen atoms in total. The topological polar surface area (TPSA) is 85.5 Å². The van der Waals surface area contributed by atoms with Gasteiger partial charge in [0.05, 0.1) is 12.7 Å². The Labute approximate surface area is 121 Å². The number of ether oxygens (including phenoxy) is 1. The van der Waals surface area contributed by atoms with E-state index in [1.54, 1.807) is 19.2 Å². The lowest BCUT2D eigenvalue weighted by Gasteiger charge is -2.33. The van der Waals surface area contributed by atoms with Crippen LogP contribution < -0.4 is 5.73 Å². The van der Waals surface area contributed by atoms with E-state index in [0.717, 1.165) is 0 Å². The summed E-state index contributed by atoms with van der Waals surface area (Å²) in [6.07, 6.45) is 2.61. The number of hydrogen-bond acceptors (Lipinski definition) is 5. The van der Waals surface area contributed by atoms with Gasteiger partial charge in [-0.05, 0) is 28.9 Å². The van der Waals surface area contributed by atoms with Crippen molar-refractivity contribution in [2.45, 2.75) is 24.0 Å². The van der Waals surface area contributed by atoms with Crippen LogP contribution in [0.15, 0.2) is 27.8 Å². The molecule has 1 aromatic heterocycles. The molecule has 0 amide bonds. The summed E-state index contributed by atoms with van der Waals surface area (Å²) in [6.45, 7) is 2.76. The SMILES string of the molecule is CC(N)C1CN(S(=O)(=O)c2cncc(Br)c2)CCO1. The predicted octanol–water partition coefficient (Wildman–Crippen LogP) is 0.581. The molecule has 1 fully saturated rings. The molecule has 19 heavy (non-hydrogen) atoms. The van der Waals surface area contributed by atoms with Crippen molar-refractivity contribution in [3.63, 3.8) is 0 Å². The van der Waals surface area contributed by atoms with Crippen LogP contribution in [0, 0.1) is 0 Å². The predicted molar refractivity (Wildman–Crippen MR) is 74.1 cm³/mol. The van der Waals surface area contributed by atoms with Crippen LogP contribution in [0.2, 0.25) is 0 Å². The van der Waals surface area contributed by atoms with Crippen molar-refractivity contribution in [3.8, 4) is 0 Å². The fourth-order valence-electron chi connectivity index (χ4n) is 1.87. The third-order valence-corrected chi connectivity index (χ3v) is 5.22. The zero-order valence-corrected chi connectivity index (χ0v) is 12.9. The fourth-order valence-corrected chi connectivity index (χ4v) is 3.81. The molecule has 2 unspecified atom stereocenters. The lowest BCUT2D eigenvalue weighted by Crippen LogP contribution is -2.51. The monoisotopic (exact) mass is 349 g/mol. The first kappa shape index (κ1) is 14.9. The molecule has 2 rings (SSSR count). The molecular weight excluding hydrogens is 334 g/mol. The number of rotatable bonds is 3. The van der Waals surface area contributed by atoms with Crippen molar-refractivity contribution in [2.75, 3.05) is 19.7 Å². The number of halogens is 1. The van der Waals surface area contributed by atoms with E-state index in [9.17, 15) is 8.42 Å². The lowest BCUT2D eigenvalue weighted by molar-refractivity contribution is -0.0120. The average molecular weight is 350 g/mol. The van der Waals surface area contributed by atoms with Gasteiger partial charge in [-0.25, -0.2) is 8.42 Å². The molecule has 0 bridgehead atoms. The van der Waals surface area contributed by atoms with Crippen LogP contribution in [0.25, 0.3) is 0 Å². The van der Waals surface area contributed by atoms with Gasteiger partial charge in [0.25, 0.3) is 0 Å². The van der Waals surface area contributed by atoms with E-state index in [-0.39, 0.29) is 23.6 Å². The van der Waals surface area contributed by atoms with Gasteiger partial charge < -0.3 is 10.5 Å². The first-order valence-corrected chi connectivity index (χ1v) is 8.12. The Morgan fingerprint density at radius 1 is 1.58 bits per heavy atom. The van der Waals surface area contributed by atoms with Crippen LogP contribution in [0.5, 0.6) is 0 Å². The van der Waals surface area contributed by atoms with E-state index >= 15 is 0 Å². The van der Waals surface area contributed by atoms with E-state index in [1.165, 1.54) is 10.5 Å². The molecule has 1 aliphatic rings. The first-order valence-electron chi connectivity index (χ1n) is 5.89. The van der Waals surface area contributed by atoms with Gasteiger partial charge in [0.2, 0.25) is 10.0 Å². The molecule has 8 heteroatoms. The highest BCUT2D eigenvalue weighted by atomic mass is 79.9. The minimum absolute atomic E-state index is 0.173. The van der Waals surface area contributed by atoms with Crippen LogP contribution in [0.1, 0.15) is 6.92 Å². The third kappa shape index (κ3) is 3.32. The number of pyridine rings is 1. The van der Waals surface area contributed by atoms with Crippen molar-refractivity contribution >= 4 is 26.0 Å². The van der Waals surface area contributed by atoms with Crippen LogP contribution >= 0.6 is 15.9 Å². The summed E-state index contributed by atoms with van der Waals surface area (Å²) in [5, 5.41) is 0. The molecule has 1 aliphatic heterocycles. The van der Waals surface area contributed by atoms with Crippen LogP contribution in [0.4, 0.5) is 0 Å². The van der Waals surface area contributed by atoms with Crippen molar-refractivity contribution < 1.29 is 13.2 Å². The third-order valence-electron chi connectivity index (χ3n) is 2.96. The van der Waals surface area contributed by atoms with Crippen molar-refractivity contribution in [2.24, 2.45) is 5.73 Å². The van der Waals surface area contributed by atoms with Crippen LogP contribution in [-0.2, 0) is 14.8 Å². The second-order valence-electron chi connectivity index (χ2n) is 4.47. The number of hydrogen-bond donors (Lipinski definition) is 1. The first-order chi connectivity index (χ1) is 8.91. The van der Waals surface area contributed by atoms with Crippen molar-refractivity contribution in [3.05, 3.63) is 22.9 Å². The lowest BCUT2D eigenvalue weighted by atomic mass is 10.2. The molecule has 2 atom stereocenters. The Kier molecular flexibility index (Phi) is 4.57. The summed E-state index contributed by atoms with van der Waals surface area (Å²) in [4.78, 5) is 4.06. The minimum Gasteiger partial charge on any atom is -0.374 e. The molecule has 1 aromatic rings. The van der Waals surface area contributed by atoms with E-state index in [1.807, 2.05) is 0 Å². The highest BCUT2D eigenvalue weighted by molar-refractivity contribution is 9.10. The summed E-state index contributed by atoms with van der Waals surface area (Å²) < 4.78 is 32.4. The number of nitrogens with two attached hydrogens (primary N) is 1. The second-order valence-corrected chi connectivity index (χ2v) is 7.32. The highest BCUT2D eigenvalue weighted by Crippen LogP contribution is 2.21. The van der Waals surface area contributed by atoms with Gasteiger partial charge in [-0.1, -0.05) is 0 Å². The fraction of sp³-hybridized carbons (Fsp3) is 0.545. The van der Waals surface area contributed by atoms with E-state index in [2.05, 4.69) is 20.9 Å². The largest absolute Gasteiger partial charge is 0.374 e. The summed E-state index contributed by atoms with van der Waals surface area (Å²) in [5.74, 6) is 0. The van der Waals surface area contributed by atoms with E-state index in [0.29, 0.717) is 17.6 Å². The smallest absolute Gasteiger partial charge is 0.244 e. The van der Waals surface area contributed by atoms with Crippen LogP contribution in [-0.4, -0.2) is 49.5 Å². The highest BCUT2D eigenvalue weighted by Gasteiger charge is 2.32. The summed E-state index contributed by atoms with van der Waals surface area (Å²) in [6, 6.07) is 1.33. The number of aromatic nitrogens is 1. The van der Waals surface area contributed by atoms with Gasteiger partial charge in [-0.3, -0.25) is 4.98 Å². The normalized spacial score (nSPS) is 23.2. The van der Waals surface area contributed by atoms with E-state index < -0.39 is 10.0 Å². The molecule has 0 spiro atoms. The van der Waals surface area contributed by atoms with Gasteiger partial charge in [-0.15, -0.1) is 0 Å².